The van der Waals surface area contributed by atoms with Crippen molar-refractivity contribution in [3.05, 3.63) is 0 Å². The summed E-state index contributed by atoms with van der Waals surface area (Å²) in [6.45, 7) is 2.46. The molecule has 0 aromatic rings. The zero-order valence-electron chi connectivity index (χ0n) is 11.1. The number of unbranched alkanes of at least 4 members (excludes halogenated alkanes) is 1. The Labute approximate surface area is 119 Å². The second-order valence-electron chi connectivity index (χ2n) is 3.40. The fourth-order valence-corrected chi connectivity index (χ4v) is 3.30. The topological polar surface area (TPSA) is 46.5 Å². The fraction of sp³-hybridized carbons (Fsp3) is 0.769. The van der Waals surface area contributed by atoms with Crippen molar-refractivity contribution < 1.29 is 14.6 Å². The van der Waals surface area contributed by atoms with Crippen LogP contribution in [0.4, 0.5) is 0 Å². The van der Waals surface area contributed by atoms with Gasteiger partial charge < -0.3 is 9.84 Å². The van der Waals surface area contributed by atoms with Crippen molar-refractivity contribution in [2.45, 2.75) is 39.0 Å². The first-order valence-electron chi connectivity index (χ1n) is 6.15. The number of carbonyl (C=O) groups excluding carboxylic acids is 1. The summed E-state index contributed by atoms with van der Waals surface area (Å²) in [5.74, 6) is 2.61. The third kappa shape index (κ3) is 18.1. The molecule has 1 aliphatic heterocycles. The van der Waals surface area contributed by atoms with E-state index in [0.29, 0.717) is 19.4 Å². The number of carbonyl (C=O) groups is 1. The minimum atomic E-state index is -0.152. The van der Waals surface area contributed by atoms with Crippen molar-refractivity contribution in [1.29, 1.82) is 0 Å². The number of rotatable bonds is 6. The Balaban J connectivity index is 0. The number of hydrogen-bond donors (Lipinski definition) is 1. The predicted octanol–water partition coefficient (Wildman–Crippen LogP) is 3.12. The van der Waals surface area contributed by atoms with Crippen molar-refractivity contribution in [2.75, 3.05) is 24.7 Å². The molecular weight excluding hydrogens is 268 g/mol. The van der Waals surface area contributed by atoms with E-state index in [1.807, 2.05) is 28.5 Å². The van der Waals surface area contributed by atoms with Gasteiger partial charge in [0.05, 0.1) is 6.61 Å². The van der Waals surface area contributed by atoms with Crippen molar-refractivity contribution in [1.82, 2.24) is 0 Å². The number of terminal acetylenes is 1. The van der Waals surface area contributed by atoms with Crippen LogP contribution in [0.25, 0.3) is 0 Å². The average molecular weight is 292 g/mol. The van der Waals surface area contributed by atoms with Gasteiger partial charge >= 0.3 is 5.97 Å². The Morgan fingerprint density at radius 2 is 1.89 bits per heavy atom. The van der Waals surface area contributed by atoms with Crippen molar-refractivity contribution in [3.8, 4) is 12.8 Å². The molecule has 106 valence electrons. The Morgan fingerprint density at radius 3 is 2.28 bits per heavy atom. The summed E-state index contributed by atoms with van der Waals surface area (Å²) in [4.78, 5) is 10.8. The van der Waals surface area contributed by atoms with Crippen LogP contribution in [-0.4, -0.2) is 35.8 Å². The molecule has 1 aliphatic rings. The highest BCUT2D eigenvalue weighted by molar-refractivity contribution is 8.77. The summed E-state index contributed by atoms with van der Waals surface area (Å²) < 4.78 is 4.79. The van der Waals surface area contributed by atoms with Gasteiger partial charge in [-0.3, -0.25) is 4.79 Å². The summed E-state index contributed by atoms with van der Waals surface area (Å²) in [5.41, 5.74) is 0. The van der Waals surface area contributed by atoms with E-state index in [0.717, 1.165) is 12.8 Å². The number of aliphatic hydroxyl groups is 1. The van der Waals surface area contributed by atoms with Gasteiger partial charge in [-0.15, -0.1) is 12.8 Å². The molecule has 1 fully saturated rings. The van der Waals surface area contributed by atoms with Gasteiger partial charge in [0.2, 0.25) is 0 Å². The van der Waals surface area contributed by atoms with Crippen LogP contribution < -0.4 is 0 Å². The molecule has 0 atom stereocenters. The largest absolute Gasteiger partial charge is 0.466 e. The second kappa shape index (κ2) is 19.0. The molecule has 0 aromatic carbocycles. The Morgan fingerprint density at radius 1 is 1.28 bits per heavy atom. The van der Waals surface area contributed by atoms with Gasteiger partial charge in [-0.05, 0) is 12.8 Å². The Kier molecular flexibility index (Phi) is 21.2. The molecule has 0 unspecified atom stereocenters. The first kappa shape index (κ1) is 20.0. The SMILES string of the molecule is C#C.C1CSSC1.CCCCC(=O)OCCCO. The maximum Gasteiger partial charge on any atom is 0.305 e. The van der Waals surface area contributed by atoms with Gasteiger partial charge in [0.15, 0.2) is 0 Å². The van der Waals surface area contributed by atoms with Gasteiger partial charge in [0.1, 0.15) is 0 Å². The number of aliphatic hydroxyl groups excluding tert-OH is 1. The lowest BCUT2D eigenvalue weighted by Crippen LogP contribution is -2.06. The van der Waals surface area contributed by atoms with E-state index in [2.05, 4.69) is 12.8 Å². The van der Waals surface area contributed by atoms with E-state index in [1.165, 1.54) is 17.9 Å². The quantitative estimate of drug-likeness (QED) is 0.353. The lowest BCUT2D eigenvalue weighted by Gasteiger charge is -2.01. The molecule has 1 N–H and O–H groups in total. The zero-order valence-corrected chi connectivity index (χ0v) is 12.7. The van der Waals surface area contributed by atoms with Crippen molar-refractivity contribution in [2.24, 2.45) is 0 Å². The highest BCUT2D eigenvalue weighted by Crippen LogP contribution is 2.29. The fourth-order valence-electron chi connectivity index (χ4n) is 0.938. The maximum atomic E-state index is 10.8. The summed E-state index contributed by atoms with van der Waals surface area (Å²) in [7, 11) is 3.98. The van der Waals surface area contributed by atoms with Gasteiger partial charge in [-0.1, -0.05) is 34.9 Å². The molecule has 0 amide bonds. The normalized spacial score (nSPS) is 12.7. The molecule has 1 rings (SSSR count). The third-order valence-corrected chi connectivity index (χ3v) is 4.42. The van der Waals surface area contributed by atoms with Gasteiger partial charge in [0, 0.05) is 31.0 Å². The molecule has 5 heteroatoms. The molecule has 3 nitrogen and oxygen atoms in total. The predicted molar refractivity (Wildman–Crippen MR) is 81.6 cm³/mol. The minimum Gasteiger partial charge on any atom is -0.466 e. The standard InChI is InChI=1S/C8H16O3.C3H6S2.C2H2/c1-2-3-5-8(10)11-7-4-6-9;1-2-4-5-3-1;1-2/h9H,2-7H2,1H3;1-3H2;1-2H. The van der Waals surface area contributed by atoms with E-state index in [1.54, 1.807) is 0 Å². The van der Waals surface area contributed by atoms with E-state index in [9.17, 15) is 4.79 Å². The average Bonchev–Trinajstić information content (AvgIpc) is 2.98. The summed E-state index contributed by atoms with van der Waals surface area (Å²) in [5, 5.41) is 8.36. The van der Waals surface area contributed by atoms with Gasteiger partial charge in [-0.25, -0.2) is 0 Å². The van der Waals surface area contributed by atoms with E-state index in [4.69, 9.17) is 9.84 Å². The number of hydrogen-bond acceptors (Lipinski definition) is 5. The number of esters is 1. The summed E-state index contributed by atoms with van der Waals surface area (Å²) in [6, 6.07) is 0. The van der Waals surface area contributed by atoms with Crippen LogP contribution >= 0.6 is 21.6 Å². The highest BCUT2D eigenvalue weighted by atomic mass is 33.1. The van der Waals surface area contributed by atoms with Gasteiger partial charge in [0.25, 0.3) is 0 Å². The van der Waals surface area contributed by atoms with Crippen LogP contribution in [0.2, 0.25) is 0 Å². The molecular formula is C13H24O3S2. The van der Waals surface area contributed by atoms with Gasteiger partial charge in [-0.2, -0.15) is 0 Å². The van der Waals surface area contributed by atoms with E-state index in [-0.39, 0.29) is 12.6 Å². The zero-order chi connectivity index (χ0) is 14.1. The molecule has 0 saturated carbocycles. The van der Waals surface area contributed by atoms with Crippen molar-refractivity contribution >= 4 is 27.6 Å². The van der Waals surface area contributed by atoms with Crippen LogP contribution in [0, 0.1) is 12.8 Å². The van der Waals surface area contributed by atoms with Crippen LogP contribution in [0.3, 0.4) is 0 Å². The molecule has 18 heavy (non-hydrogen) atoms. The van der Waals surface area contributed by atoms with Crippen LogP contribution in [0.5, 0.6) is 0 Å². The van der Waals surface area contributed by atoms with Crippen LogP contribution in [0.1, 0.15) is 39.0 Å². The Hall–Kier alpha value is -0.310. The molecule has 0 spiro atoms. The Bertz CT molecular complexity index is 184. The smallest absolute Gasteiger partial charge is 0.305 e. The van der Waals surface area contributed by atoms with Crippen LogP contribution in [-0.2, 0) is 9.53 Å². The summed E-state index contributed by atoms with van der Waals surface area (Å²) >= 11 is 0. The minimum absolute atomic E-state index is 0.0844. The first-order chi connectivity index (χ1) is 8.81. The molecule has 0 aliphatic carbocycles. The summed E-state index contributed by atoms with van der Waals surface area (Å²) in [6.07, 6.45) is 12.4. The molecule has 1 heterocycles. The number of ether oxygens (including phenoxy) is 1. The second-order valence-corrected chi connectivity index (χ2v) is 6.10. The van der Waals surface area contributed by atoms with E-state index < -0.39 is 0 Å². The molecule has 0 radical (unpaired) electrons. The maximum absolute atomic E-state index is 10.8. The van der Waals surface area contributed by atoms with Crippen LogP contribution in [0.15, 0.2) is 0 Å². The molecule has 1 saturated heterocycles. The van der Waals surface area contributed by atoms with E-state index >= 15 is 0 Å². The monoisotopic (exact) mass is 292 g/mol. The first-order valence-corrected chi connectivity index (χ1v) is 8.64. The van der Waals surface area contributed by atoms with Crippen molar-refractivity contribution in [3.63, 3.8) is 0 Å². The lowest BCUT2D eigenvalue weighted by molar-refractivity contribution is -0.144. The molecule has 0 bridgehead atoms. The lowest BCUT2D eigenvalue weighted by atomic mass is 10.2. The third-order valence-electron chi connectivity index (χ3n) is 1.84. The highest BCUT2D eigenvalue weighted by Gasteiger charge is 1.99. The molecule has 0 aromatic heterocycles.